The van der Waals surface area contributed by atoms with Crippen LogP contribution in [-0.4, -0.2) is 17.9 Å². The first-order valence-electron chi connectivity index (χ1n) is 7.43. The van der Waals surface area contributed by atoms with E-state index < -0.39 is 12.1 Å². The zero-order valence-electron chi connectivity index (χ0n) is 12.9. The van der Waals surface area contributed by atoms with E-state index in [2.05, 4.69) is 6.92 Å². The SMILES string of the molecule is CC(C)=CC(=O)OC1CC2(C)CCCCC2=C(C)C1=O. The van der Waals surface area contributed by atoms with Crippen LogP contribution in [0, 0.1) is 5.41 Å². The molecule has 0 bridgehead atoms. The fraction of sp³-hybridized carbons (Fsp3) is 0.647. The predicted molar refractivity (Wildman–Crippen MR) is 78.2 cm³/mol. The number of esters is 1. The van der Waals surface area contributed by atoms with E-state index in [1.165, 1.54) is 18.1 Å². The van der Waals surface area contributed by atoms with Crippen LogP contribution in [0.2, 0.25) is 0 Å². The van der Waals surface area contributed by atoms with Gasteiger partial charge in [-0.1, -0.05) is 24.5 Å². The number of carbonyl (C=O) groups is 2. The summed E-state index contributed by atoms with van der Waals surface area (Å²) in [7, 11) is 0. The van der Waals surface area contributed by atoms with Gasteiger partial charge in [-0.2, -0.15) is 0 Å². The lowest BCUT2D eigenvalue weighted by Gasteiger charge is -2.43. The highest BCUT2D eigenvalue weighted by molar-refractivity contribution is 6.01. The second kappa shape index (κ2) is 5.55. The standard InChI is InChI=1S/C17H24O3/c1-11(2)9-15(18)20-14-10-17(4)8-6-5-7-13(17)12(3)16(14)19/h9,14H,5-8,10H2,1-4H3. The van der Waals surface area contributed by atoms with Gasteiger partial charge in [-0.3, -0.25) is 4.79 Å². The number of fused-ring (bicyclic) bond motifs is 1. The molecule has 0 aliphatic heterocycles. The highest BCUT2D eigenvalue weighted by Crippen LogP contribution is 2.49. The fourth-order valence-electron chi connectivity index (χ4n) is 3.53. The van der Waals surface area contributed by atoms with Crippen molar-refractivity contribution in [1.29, 1.82) is 0 Å². The van der Waals surface area contributed by atoms with E-state index in [9.17, 15) is 9.59 Å². The third-order valence-corrected chi connectivity index (χ3v) is 4.55. The normalized spacial score (nSPS) is 29.8. The summed E-state index contributed by atoms with van der Waals surface area (Å²) in [5.74, 6) is -0.408. The number of ketones is 1. The van der Waals surface area contributed by atoms with Gasteiger partial charge in [-0.25, -0.2) is 4.79 Å². The quantitative estimate of drug-likeness (QED) is 0.570. The molecular weight excluding hydrogens is 252 g/mol. The Bertz CT molecular complexity index is 494. The van der Waals surface area contributed by atoms with Crippen molar-refractivity contribution < 1.29 is 14.3 Å². The summed E-state index contributed by atoms with van der Waals surface area (Å²) >= 11 is 0. The molecule has 2 rings (SSSR count). The van der Waals surface area contributed by atoms with Gasteiger partial charge in [0.2, 0.25) is 0 Å². The van der Waals surface area contributed by atoms with Gasteiger partial charge in [0, 0.05) is 12.5 Å². The van der Waals surface area contributed by atoms with Crippen LogP contribution in [0.15, 0.2) is 22.8 Å². The topological polar surface area (TPSA) is 43.4 Å². The highest BCUT2D eigenvalue weighted by Gasteiger charge is 2.43. The molecule has 0 aromatic carbocycles. The minimum absolute atomic E-state index is 0.00474. The zero-order chi connectivity index (χ0) is 14.9. The van der Waals surface area contributed by atoms with Crippen LogP contribution in [0.4, 0.5) is 0 Å². The maximum atomic E-state index is 12.4. The lowest BCUT2D eigenvalue weighted by Crippen LogP contribution is -2.41. The highest BCUT2D eigenvalue weighted by atomic mass is 16.5. The van der Waals surface area contributed by atoms with Crippen molar-refractivity contribution in [3.63, 3.8) is 0 Å². The Morgan fingerprint density at radius 1 is 1.35 bits per heavy atom. The first-order valence-corrected chi connectivity index (χ1v) is 7.43. The fourth-order valence-corrected chi connectivity index (χ4v) is 3.53. The number of Topliss-reactive ketones (excluding diaryl/α,β-unsaturated/α-hetero) is 1. The molecule has 1 fully saturated rings. The predicted octanol–water partition coefficient (Wildman–Crippen LogP) is 3.73. The Morgan fingerprint density at radius 3 is 2.70 bits per heavy atom. The zero-order valence-corrected chi connectivity index (χ0v) is 12.9. The smallest absolute Gasteiger partial charge is 0.331 e. The summed E-state index contributed by atoms with van der Waals surface area (Å²) in [6.45, 7) is 7.78. The van der Waals surface area contributed by atoms with Gasteiger partial charge in [0.25, 0.3) is 0 Å². The van der Waals surface area contributed by atoms with Crippen molar-refractivity contribution in [2.24, 2.45) is 5.41 Å². The van der Waals surface area contributed by atoms with Gasteiger partial charge < -0.3 is 4.74 Å². The maximum Gasteiger partial charge on any atom is 0.331 e. The third-order valence-electron chi connectivity index (χ3n) is 4.55. The molecule has 0 heterocycles. The van der Waals surface area contributed by atoms with Crippen molar-refractivity contribution >= 4 is 11.8 Å². The van der Waals surface area contributed by atoms with Gasteiger partial charge in [-0.05, 0) is 51.0 Å². The Kier molecular flexibility index (Phi) is 4.17. The Balaban J connectivity index is 2.22. The second-order valence-electron chi connectivity index (χ2n) is 6.59. The van der Waals surface area contributed by atoms with Crippen molar-refractivity contribution in [2.45, 2.75) is 65.9 Å². The molecular formula is C17H24O3. The molecule has 0 amide bonds. The number of rotatable bonds is 2. The largest absolute Gasteiger partial charge is 0.451 e. The Morgan fingerprint density at radius 2 is 2.05 bits per heavy atom. The Labute approximate surface area is 121 Å². The monoisotopic (exact) mass is 276 g/mol. The van der Waals surface area contributed by atoms with Crippen LogP contribution in [0.5, 0.6) is 0 Å². The van der Waals surface area contributed by atoms with Crippen molar-refractivity contribution in [3.05, 3.63) is 22.8 Å². The van der Waals surface area contributed by atoms with Crippen LogP contribution < -0.4 is 0 Å². The molecule has 2 atom stereocenters. The first-order chi connectivity index (χ1) is 9.33. The van der Waals surface area contributed by atoms with Gasteiger partial charge in [0.15, 0.2) is 11.9 Å². The van der Waals surface area contributed by atoms with Gasteiger partial charge in [0.05, 0.1) is 0 Å². The molecule has 3 heteroatoms. The first kappa shape index (κ1) is 15.0. The number of ether oxygens (including phenoxy) is 1. The molecule has 0 spiro atoms. The summed E-state index contributed by atoms with van der Waals surface area (Å²) in [5.41, 5.74) is 3.04. The van der Waals surface area contributed by atoms with Crippen LogP contribution >= 0.6 is 0 Å². The minimum atomic E-state index is -0.607. The summed E-state index contributed by atoms with van der Waals surface area (Å²) in [4.78, 5) is 24.2. The van der Waals surface area contributed by atoms with Crippen molar-refractivity contribution in [2.75, 3.05) is 0 Å². The summed E-state index contributed by atoms with van der Waals surface area (Å²) in [6, 6.07) is 0. The number of hydrogen-bond acceptors (Lipinski definition) is 3. The molecule has 0 N–H and O–H groups in total. The van der Waals surface area contributed by atoms with Crippen LogP contribution in [0.1, 0.15) is 59.8 Å². The van der Waals surface area contributed by atoms with Gasteiger partial charge >= 0.3 is 5.97 Å². The van der Waals surface area contributed by atoms with E-state index in [0.717, 1.165) is 30.4 Å². The van der Waals surface area contributed by atoms with E-state index in [1.54, 1.807) is 0 Å². The lowest BCUT2D eigenvalue weighted by molar-refractivity contribution is -0.151. The number of hydrogen-bond donors (Lipinski definition) is 0. The average Bonchev–Trinajstić information content (AvgIpc) is 2.34. The molecule has 20 heavy (non-hydrogen) atoms. The second-order valence-corrected chi connectivity index (χ2v) is 6.59. The number of carbonyl (C=O) groups excluding carboxylic acids is 2. The lowest BCUT2D eigenvalue weighted by atomic mass is 9.63. The molecule has 2 aliphatic carbocycles. The average molecular weight is 276 g/mol. The van der Waals surface area contributed by atoms with Gasteiger partial charge in [0.1, 0.15) is 0 Å². The van der Waals surface area contributed by atoms with Crippen LogP contribution in [0.25, 0.3) is 0 Å². The Hall–Kier alpha value is -1.38. The van der Waals surface area contributed by atoms with Crippen molar-refractivity contribution in [1.82, 2.24) is 0 Å². The molecule has 0 saturated heterocycles. The van der Waals surface area contributed by atoms with Gasteiger partial charge in [-0.15, -0.1) is 0 Å². The molecule has 110 valence electrons. The number of allylic oxidation sites excluding steroid dienone is 2. The van der Waals surface area contributed by atoms with E-state index in [0.29, 0.717) is 6.42 Å². The van der Waals surface area contributed by atoms with Crippen LogP contribution in [-0.2, 0) is 14.3 Å². The molecule has 0 radical (unpaired) electrons. The molecule has 2 unspecified atom stereocenters. The van der Waals surface area contributed by atoms with E-state index in [4.69, 9.17) is 4.74 Å². The molecule has 1 saturated carbocycles. The maximum absolute atomic E-state index is 12.4. The molecule has 2 aliphatic rings. The molecule has 0 aromatic heterocycles. The van der Waals surface area contributed by atoms with Crippen LogP contribution in [0.3, 0.4) is 0 Å². The third kappa shape index (κ3) is 2.87. The summed E-state index contributed by atoms with van der Waals surface area (Å²) < 4.78 is 5.40. The summed E-state index contributed by atoms with van der Waals surface area (Å²) in [6.07, 6.45) is 5.94. The van der Waals surface area contributed by atoms with E-state index >= 15 is 0 Å². The van der Waals surface area contributed by atoms with Crippen molar-refractivity contribution in [3.8, 4) is 0 Å². The van der Waals surface area contributed by atoms with E-state index in [1.807, 2.05) is 20.8 Å². The minimum Gasteiger partial charge on any atom is -0.451 e. The summed E-state index contributed by atoms with van der Waals surface area (Å²) in [5, 5.41) is 0. The van der Waals surface area contributed by atoms with E-state index in [-0.39, 0.29) is 11.2 Å². The molecule has 0 aromatic rings. The molecule has 3 nitrogen and oxygen atoms in total.